The zero-order valence-electron chi connectivity index (χ0n) is 27.6. The highest BCUT2D eigenvalue weighted by molar-refractivity contribution is 5.96. The number of fused-ring (bicyclic) bond motifs is 2. The summed E-state index contributed by atoms with van der Waals surface area (Å²) in [6, 6.07) is 10.8. The Morgan fingerprint density at radius 2 is 1.83 bits per heavy atom. The SMILES string of the molecule is COc1cc(C(=O)N2CCC[C@@H](N)C2)cn2nc(-c3cc4cccc(C5CCN(C(=O)C6CCCO6)CC5)c4n3CC3CC3)c(C)c12. The van der Waals surface area contributed by atoms with Crippen molar-refractivity contribution < 1.29 is 19.1 Å². The van der Waals surface area contributed by atoms with Gasteiger partial charge in [-0.25, -0.2) is 4.52 Å². The minimum Gasteiger partial charge on any atom is -0.494 e. The van der Waals surface area contributed by atoms with Crippen LogP contribution in [0.3, 0.4) is 0 Å². The number of rotatable bonds is 7. The number of ether oxygens (including phenoxy) is 2. The highest BCUT2D eigenvalue weighted by Crippen LogP contribution is 2.42. The third kappa shape index (κ3) is 5.59. The summed E-state index contributed by atoms with van der Waals surface area (Å²) < 4.78 is 15.9. The maximum absolute atomic E-state index is 13.6. The predicted octanol–water partition coefficient (Wildman–Crippen LogP) is 5.13. The lowest BCUT2D eigenvalue weighted by atomic mass is 9.88. The number of piperidine rings is 2. The molecule has 6 heterocycles. The summed E-state index contributed by atoms with van der Waals surface area (Å²) in [7, 11) is 1.66. The molecule has 10 heteroatoms. The van der Waals surface area contributed by atoms with Crippen LogP contribution in [0.4, 0.5) is 0 Å². The normalized spacial score (nSPS) is 22.4. The Morgan fingerprint density at radius 3 is 2.55 bits per heavy atom. The van der Waals surface area contributed by atoms with Gasteiger partial charge in [-0.15, -0.1) is 0 Å². The van der Waals surface area contributed by atoms with Gasteiger partial charge in [-0.1, -0.05) is 18.2 Å². The molecule has 0 radical (unpaired) electrons. The highest BCUT2D eigenvalue weighted by Gasteiger charge is 2.33. The van der Waals surface area contributed by atoms with Gasteiger partial charge >= 0.3 is 0 Å². The number of aryl methyl sites for hydroxylation is 1. The number of aromatic nitrogens is 3. The third-order valence-electron chi connectivity index (χ3n) is 10.9. The first kappa shape index (κ1) is 30.4. The van der Waals surface area contributed by atoms with Gasteiger partial charge in [0, 0.05) is 62.5 Å². The minimum atomic E-state index is -0.252. The summed E-state index contributed by atoms with van der Waals surface area (Å²) >= 11 is 0. The first-order chi connectivity index (χ1) is 22.9. The van der Waals surface area contributed by atoms with E-state index in [4.69, 9.17) is 20.3 Å². The third-order valence-corrected chi connectivity index (χ3v) is 10.9. The molecule has 4 aliphatic rings. The van der Waals surface area contributed by atoms with E-state index in [9.17, 15) is 9.59 Å². The lowest BCUT2D eigenvalue weighted by Gasteiger charge is -2.34. The van der Waals surface area contributed by atoms with Crippen molar-refractivity contribution in [2.75, 3.05) is 39.9 Å². The largest absolute Gasteiger partial charge is 0.494 e. The van der Waals surface area contributed by atoms with Crippen LogP contribution in [0.1, 0.15) is 78.8 Å². The van der Waals surface area contributed by atoms with E-state index in [1.807, 2.05) is 26.6 Å². The molecule has 0 spiro atoms. The number of hydrogen-bond donors (Lipinski definition) is 1. The number of pyridine rings is 1. The minimum absolute atomic E-state index is 0.0108. The van der Waals surface area contributed by atoms with Gasteiger partial charge in [0.15, 0.2) is 0 Å². The summed E-state index contributed by atoms with van der Waals surface area (Å²) in [5.74, 6) is 1.82. The predicted molar refractivity (Wildman–Crippen MR) is 181 cm³/mol. The molecule has 1 aliphatic carbocycles. The van der Waals surface area contributed by atoms with Crippen molar-refractivity contribution in [3.63, 3.8) is 0 Å². The molecule has 2 amide bonds. The van der Waals surface area contributed by atoms with E-state index < -0.39 is 0 Å². The summed E-state index contributed by atoms with van der Waals surface area (Å²) in [6.07, 6.45) is 9.66. The average molecular weight is 639 g/mol. The van der Waals surface area contributed by atoms with Gasteiger partial charge < -0.3 is 29.6 Å². The number of likely N-dealkylation sites (tertiary alicyclic amines) is 2. The molecule has 47 heavy (non-hydrogen) atoms. The van der Waals surface area contributed by atoms with E-state index in [1.54, 1.807) is 7.11 Å². The van der Waals surface area contributed by atoms with Crippen molar-refractivity contribution in [2.24, 2.45) is 11.7 Å². The number of nitrogens with two attached hydrogens (primary N) is 1. The summed E-state index contributed by atoms with van der Waals surface area (Å²) in [4.78, 5) is 30.5. The molecule has 2 N–H and O–H groups in total. The molecule has 3 aliphatic heterocycles. The Balaban J connectivity index is 1.16. The number of para-hydroxylation sites is 1. The van der Waals surface area contributed by atoms with Crippen LogP contribution in [0, 0.1) is 12.8 Å². The van der Waals surface area contributed by atoms with E-state index in [1.165, 1.54) is 29.3 Å². The van der Waals surface area contributed by atoms with Crippen LogP contribution in [0.15, 0.2) is 36.5 Å². The Morgan fingerprint density at radius 1 is 1.00 bits per heavy atom. The summed E-state index contributed by atoms with van der Waals surface area (Å²) in [6.45, 7) is 6.57. The van der Waals surface area contributed by atoms with E-state index in [-0.39, 0.29) is 24.0 Å². The molecular formula is C37H46N6O4. The summed E-state index contributed by atoms with van der Waals surface area (Å²) in [5, 5.41) is 6.37. The van der Waals surface area contributed by atoms with Crippen LogP contribution >= 0.6 is 0 Å². The first-order valence-corrected chi connectivity index (χ1v) is 17.5. The fourth-order valence-corrected chi connectivity index (χ4v) is 8.19. The van der Waals surface area contributed by atoms with Crippen molar-refractivity contribution in [1.29, 1.82) is 0 Å². The Bertz CT molecular complexity index is 1830. The number of carbonyl (C=O) groups is 2. The topological polar surface area (TPSA) is 107 Å². The second-order valence-electron chi connectivity index (χ2n) is 14.2. The Kier molecular flexibility index (Phi) is 7.96. The molecule has 1 unspecified atom stereocenters. The molecule has 1 saturated carbocycles. The smallest absolute Gasteiger partial charge is 0.255 e. The molecule has 2 atom stereocenters. The van der Waals surface area contributed by atoms with Crippen LogP contribution in [0.2, 0.25) is 0 Å². The van der Waals surface area contributed by atoms with Crippen LogP contribution < -0.4 is 10.5 Å². The maximum Gasteiger partial charge on any atom is 0.255 e. The molecular weight excluding hydrogens is 592 g/mol. The van der Waals surface area contributed by atoms with Crippen LogP contribution in [-0.4, -0.2) is 87.8 Å². The number of benzene rings is 1. The fourth-order valence-electron chi connectivity index (χ4n) is 8.19. The molecule has 3 aromatic heterocycles. The van der Waals surface area contributed by atoms with Crippen LogP contribution in [0.25, 0.3) is 27.8 Å². The van der Waals surface area contributed by atoms with Crippen molar-refractivity contribution >= 4 is 28.2 Å². The molecule has 8 rings (SSSR count). The number of amides is 2. The van der Waals surface area contributed by atoms with Crippen molar-refractivity contribution in [3.8, 4) is 17.1 Å². The fraction of sp³-hybridized carbons (Fsp3) is 0.541. The molecule has 4 fully saturated rings. The second kappa shape index (κ2) is 12.3. The van der Waals surface area contributed by atoms with Gasteiger partial charge in [0.05, 0.1) is 23.9 Å². The van der Waals surface area contributed by atoms with Gasteiger partial charge in [0.25, 0.3) is 11.8 Å². The van der Waals surface area contributed by atoms with Gasteiger partial charge in [-0.2, -0.15) is 5.10 Å². The monoisotopic (exact) mass is 638 g/mol. The average Bonchev–Trinajstić information content (AvgIpc) is 3.45. The van der Waals surface area contributed by atoms with Crippen molar-refractivity contribution in [2.45, 2.75) is 82.9 Å². The Labute approximate surface area is 275 Å². The number of nitrogens with zero attached hydrogens (tertiary/aromatic N) is 5. The lowest BCUT2D eigenvalue weighted by Crippen LogP contribution is -2.45. The standard InChI is InChI=1S/C37H46N6O4/c1-23-33(39-43-21-27(19-32(46-2)34(23)43)36(44)41-14-4-7-28(38)22-41)30-18-26-6-3-8-29(35(26)42(30)20-24-10-11-24)25-12-15-40(16-13-25)37(45)31-9-5-17-47-31/h3,6,8,18-19,21,24-25,28,31H,4-5,7,9-17,20,22,38H2,1-2H3/t28-,31?/m1/s1. The van der Waals surface area contributed by atoms with Crippen LogP contribution in [0.5, 0.6) is 5.75 Å². The highest BCUT2D eigenvalue weighted by atomic mass is 16.5. The number of carbonyl (C=O) groups excluding carboxylic acids is 2. The Hall–Kier alpha value is -3.89. The molecule has 3 saturated heterocycles. The van der Waals surface area contributed by atoms with Crippen LogP contribution in [-0.2, 0) is 16.1 Å². The summed E-state index contributed by atoms with van der Waals surface area (Å²) in [5.41, 5.74) is 13.3. The number of methoxy groups -OCH3 is 1. The van der Waals surface area contributed by atoms with Gasteiger partial charge in [0.1, 0.15) is 23.1 Å². The molecule has 248 valence electrons. The van der Waals surface area contributed by atoms with E-state index >= 15 is 0 Å². The zero-order chi connectivity index (χ0) is 32.2. The quantitative estimate of drug-likeness (QED) is 0.301. The van der Waals surface area contributed by atoms with Gasteiger partial charge in [-0.05, 0) is 87.8 Å². The van der Waals surface area contributed by atoms with E-state index in [0.717, 1.165) is 80.6 Å². The molecule has 4 aromatic rings. The first-order valence-electron chi connectivity index (χ1n) is 17.5. The van der Waals surface area contributed by atoms with E-state index in [0.29, 0.717) is 42.8 Å². The van der Waals surface area contributed by atoms with Gasteiger partial charge in [-0.3, -0.25) is 9.59 Å². The second-order valence-corrected chi connectivity index (χ2v) is 14.2. The van der Waals surface area contributed by atoms with E-state index in [2.05, 4.69) is 35.8 Å². The lowest BCUT2D eigenvalue weighted by molar-refractivity contribution is -0.142. The van der Waals surface area contributed by atoms with Crippen molar-refractivity contribution in [3.05, 3.63) is 53.2 Å². The molecule has 1 aromatic carbocycles. The maximum atomic E-state index is 13.6. The number of hydrogen-bond acceptors (Lipinski definition) is 6. The molecule has 10 nitrogen and oxygen atoms in total. The van der Waals surface area contributed by atoms with Gasteiger partial charge in [0.2, 0.25) is 0 Å². The zero-order valence-corrected chi connectivity index (χ0v) is 27.6. The van der Waals surface area contributed by atoms with Crippen molar-refractivity contribution in [1.82, 2.24) is 24.0 Å². The molecule has 0 bridgehead atoms.